The van der Waals surface area contributed by atoms with Gasteiger partial charge in [0.2, 0.25) is 0 Å². The summed E-state index contributed by atoms with van der Waals surface area (Å²) < 4.78 is 0. The SMILES string of the molecule is NC1=CC=CC(c2nccnc2C2CN(c3ccc4ccccc4n3)C2)C1. The molecule has 1 aromatic carbocycles. The first-order chi connectivity index (χ1) is 13.3. The van der Waals surface area contributed by atoms with Crippen molar-refractivity contribution in [1.82, 2.24) is 15.0 Å². The molecule has 3 heterocycles. The van der Waals surface area contributed by atoms with Crippen LogP contribution in [0.1, 0.15) is 29.6 Å². The van der Waals surface area contributed by atoms with Crippen LogP contribution in [0.4, 0.5) is 5.82 Å². The maximum absolute atomic E-state index is 6.02. The minimum Gasteiger partial charge on any atom is -0.402 e. The van der Waals surface area contributed by atoms with Crippen molar-refractivity contribution in [3.05, 3.63) is 84.1 Å². The van der Waals surface area contributed by atoms with E-state index in [2.05, 4.69) is 45.2 Å². The van der Waals surface area contributed by atoms with Gasteiger partial charge in [0.1, 0.15) is 5.82 Å². The molecular weight excluding hydrogens is 334 g/mol. The van der Waals surface area contributed by atoms with Crippen LogP contribution in [0.2, 0.25) is 0 Å². The van der Waals surface area contributed by atoms with Gasteiger partial charge in [0.25, 0.3) is 0 Å². The van der Waals surface area contributed by atoms with E-state index in [9.17, 15) is 0 Å². The second kappa shape index (κ2) is 6.50. The van der Waals surface area contributed by atoms with E-state index in [1.165, 1.54) is 5.39 Å². The lowest BCUT2D eigenvalue weighted by atomic mass is 9.87. The quantitative estimate of drug-likeness (QED) is 0.779. The predicted octanol–water partition coefficient (Wildman–Crippen LogP) is 3.51. The molecule has 134 valence electrons. The summed E-state index contributed by atoms with van der Waals surface area (Å²) in [7, 11) is 0. The zero-order chi connectivity index (χ0) is 18.2. The Bertz CT molecular complexity index is 1050. The number of anilines is 1. The number of pyridine rings is 1. The Morgan fingerprint density at radius 2 is 1.78 bits per heavy atom. The lowest BCUT2D eigenvalue weighted by Gasteiger charge is -2.40. The third-order valence-corrected chi connectivity index (χ3v) is 5.39. The van der Waals surface area contributed by atoms with E-state index in [0.29, 0.717) is 5.92 Å². The molecule has 0 spiro atoms. The molecule has 0 bridgehead atoms. The fraction of sp³-hybridized carbons (Fsp3) is 0.227. The van der Waals surface area contributed by atoms with Crippen molar-refractivity contribution in [2.45, 2.75) is 18.3 Å². The van der Waals surface area contributed by atoms with Gasteiger partial charge in [-0.25, -0.2) is 4.98 Å². The molecule has 1 atom stereocenters. The molecule has 5 rings (SSSR count). The first kappa shape index (κ1) is 16.0. The van der Waals surface area contributed by atoms with Crippen molar-refractivity contribution in [2.75, 3.05) is 18.0 Å². The summed E-state index contributed by atoms with van der Waals surface area (Å²) >= 11 is 0. The average Bonchev–Trinajstić information content (AvgIpc) is 2.67. The van der Waals surface area contributed by atoms with Crippen LogP contribution in [0, 0.1) is 0 Å². The summed E-state index contributed by atoms with van der Waals surface area (Å²) in [5.74, 6) is 1.62. The summed E-state index contributed by atoms with van der Waals surface area (Å²) in [6.07, 6.45) is 10.5. The van der Waals surface area contributed by atoms with E-state index >= 15 is 0 Å². The molecule has 27 heavy (non-hydrogen) atoms. The first-order valence-electron chi connectivity index (χ1n) is 9.32. The summed E-state index contributed by atoms with van der Waals surface area (Å²) in [4.78, 5) is 16.4. The highest BCUT2D eigenvalue weighted by atomic mass is 15.2. The van der Waals surface area contributed by atoms with Gasteiger partial charge < -0.3 is 10.6 Å². The molecule has 1 aliphatic heterocycles. The molecule has 3 aromatic rings. The van der Waals surface area contributed by atoms with Gasteiger partial charge in [-0.3, -0.25) is 9.97 Å². The lowest BCUT2D eigenvalue weighted by Crippen LogP contribution is -2.46. The molecule has 1 aliphatic carbocycles. The van der Waals surface area contributed by atoms with Crippen LogP contribution in [-0.4, -0.2) is 28.0 Å². The lowest BCUT2D eigenvalue weighted by molar-refractivity contribution is 0.499. The number of allylic oxidation sites excluding steroid dienone is 4. The summed E-state index contributed by atoms with van der Waals surface area (Å²) in [5.41, 5.74) is 10.1. The smallest absolute Gasteiger partial charge is 0.129 e. The van der Waals surface area contributed by atoms with Crippen LogP contribution in [-0.2, 0) is 0 Å². The minimum absolute atomic E-state index is 0.214. The molecule has 2 aromatic heterocycles. The van der Waals surface area contributed by atoms with Crippen molar-refractivity contribution < 1.29 is 0 Å². The van der Waals surface area contributed by atoms with Crippen LogP contribution in [0.3, 0.4) is 0 Å². The third kappa shape index (κ3) is 2.95. The zero-order valence-corrected chi connectivity index (χ0v) is 15.0. The van der Waals surface area contributed by atoms with Gasteiger partial charge in [-0.2, -0.15) is 0 Å². The number of rotatable bonds is 3. The molecule has 1 fully saturated rings. The van der Waals surface area contributed by atoms with Gasteiger partial charge in [0, 0.05) is 48.4 Å². The minimum atomic E-state index is 0.214. The number of nitrogens with two attached hydrogens (primary N) is 1. The summed E-state index contributed by atoms with van der Waals surface area (Å²) in [6, 6.07) is 12.5. The van der Waals surface area contributed by atoms with Crippen molar-refractivity contribution in [1.29, 1.82) is 0 Å². The highest BCUT2D eigenvalue weighted by molar-refractivity contribution is 5.80. The van der Waals surface area contributed by atoms with Crippen LogP contribution in [0.15, 0.2) is 72.7 Å². The van der Waals surface area contributed by atoms with Crippen molar-refractivity contribution in [2.24, 2.45) is 5.73 Å². The standard InChI is InChI=1S/C22H21N5/c23-18-6-3-5-16(12-18)21-22(25-11-10-24-21)17-13-27(14-17)20-9-8-15-4-1-2-7-19(15)26-20/h1-11,16-17H,12-14,23H2. The molecule has 0 saturated carbocycles. The Morgan fingerprint density at radius 3 is 2.63 bits per heavy atom. The number of hydrogen-bond acceptors (Lipinski definition) is 5. The Labute approximate surface area is 158 Å². The van der Waals surface area contributed by atoms with Gasteiger partial charge in [0.05, 0.1) is 16.9 Å². The van der Waals surface area contributed by atoms with Crippen molar-refractivity contribution in [3.63, 3.8) is 0 Å². The Hall–Kier alpha value is -3.21. The molecule has 5 nitrogen and oxygen atoms in total. The molecule has 0 radical (unpaired) electrons. The molecular formula is C22H21N5. The van der Waals surface area contributed by atoms with Crippen LogP contribution < -0.4 is 10.6 Å². The van der Waals surface area contributed by atoms with E-state index in [0.717, 1.165) is 47.9 Å². The Morgan fingerprint density at radius 1 is 0.963 bits per heavy atom. The van der Waals surface area contributed by atoms with E-state index in [1.54, 1.807) is 12.4 Å². The molecule has 0 amide bonds. The second-order valence-electron chi connectivity index (χ2n) is 7.23. The normalized spacial score (nSPS) is 19.8. The highest BCUT2D eigenvalue weighted by Gasteiger charge is 2.33. The van der Waals surface area contributed by atoms with E-state index in [4.69, 9.17) is 10.7 Å². The molecule has 1 unspecified atom stereocenters. The molecule has 5 heteroatoms. The number of nitrogens with zero attached hydrogens (tertiary/aromatic N) is 4. The highest BCUT2D eigenvalue weighted by Crippen LogP contribution is 2.35. The van der Waals surface area contributed by atoms with Crippen LogP contribution >= 0.6 is 0 Å². The van der Waals surface area contributed by atoms with E-state index in [-0.39, 0.29) is 5.92 Å². The van der Waals surface area contributed by atoms with Gasteiger partial charge >= 0.3 is 0 Å². The van der Waals surface area contributed by atoms with E-state index < -0.39 is 0 Å². The molecule has 2 aliphatic rings. The maximum atomic E-state index is 6.02. The fourth-order valence-corrected chi connectivity index (χ4v) is 3.92. The number of aromatic nitrogens is 3. The average molecular weight is 355 g/mol. The topological polar surface area (TPSA) is 67.9 Å². The molecule has 1 saturated heterocycles. The van der Waals surface area contributed by atoms with Gasteiger partial charge in [-0.1, -0.05) is 30.4 Å². The first-order valence-corrected chi connectivity index (χ1v) is 9.32. The van der Waals surface area contributed by atoms with Gasteiger partial charge in [0.15, 0.2) is 0 Å². The number of para-hydroxylation sites is 1. The Kier molecular flexibility index (Phi) is 3.85. The summed E-state index contributed by atoms with van der Waals surface area (Å²) in [5, 5.41) is 1.17. The monoisotopic (exact) mass is 355 g/mol. The zero-order valence-electron chi connectivity index (χ0n) is 15.0. The van der Waals surface area contributed by atoms with Gasteiger partial charge in [-0.05, 0) is 30.7 Å². The fourth-order valence-electron chi connectivity index (χ4n) is 3.92. The van der Waals surface area contributed by atoms with Crippen molar-refractivity contribution in [3.8, 4) is 0 Å². The predicted molar refractivity (Wildman–Crippen MR) is 107 cm³/mol. The number of hydrogen-bond donors (Lipinski definition) is 1. The number of benzene rings is 1. The number of fused-ring (bicyclic) bond motifs is 1. The summed E-state index contributed by atoms with van der Waals surface area (Å²) in [6.45, 7) is 1.83. The van der Waals surface area contributed by atoms with Crippen LogP contribution in [0.5, 0.6) is 0 Å². The van der Waals surface area contributed by atoms with Crippen molar-refractivity contribution >= 4 is 16.7 Å². The largest absolute Gasteiger partial charge is 0.402 e. The van der Waals surface area contributed by atoms with Gasteiger partial charge in [-0.15, -0.1) is 0 Å². The molecule has 2 N–H and O–H groups in total. The van der Waals surface area contributed by atoms with Crippen LogP contribution in [0.25, 0.3) is 10.9 Å². The Balaban J connectivity index is 1.36. The second-order valence-corrected chi connectivity index (χ2v) is 7.23. The third-order valence-electron chi connectivity index (χ3n) is 5.39. The van der Waals surface area contributed by atoms with E-state index in [1.807, 2.05) is 24.3 Å². The maximum Gasteiger partial charge on any atom is 0.129 e.